The van der Waals surface area contributed by atoms with Crippen LogP contribution in [0.4, 0.5) is 4.79 Å². The summed E-state index contributed by atoms with van der Waals surface area (Å²) in [6, 6.07) is 0. The van der Waals surface area contributed by atoms with Crippen LogP contribution in [0.5, 0.6) is 0 Å². The minimum atomic E-state index is -0.436. The Morgan fingerprint density at radius 1 is 1.39 bits per heavy atom. The molecule has 6 heteroatoms. The van der Waals surface area contributed by atoms with Crippen molar-refractivity contribution in [2.45, 2.75) is 45.8 Å². The van der Waals surface area contributed by atoms with Crippen LogP contribution in [0.15, 0.2) is 18.7 Å². The smallest absolute Gasteiger partial charge is 0.410 e. The highest BCUT2D eigenvalue weighted by molar-refractivity contribution is 5.67. The summed E-state index contributed by atoms with van der Waals surface area (Å²) in [4.78, 5) is 20.4. The molecule has 0 bridgehead atoms. The Morgan fingerprint density at radius 3 is 2.83 bits per heavy atom. The topological polar surface area (TPSA) is 50.6 Å². The van der Waals surface area contributed by atoms with E-state index in [1.807, 2.05) is 46.5 Å². The van der Waals surface area contributed by atoms with Gasteiger partial charge in [-0.15, -0.1) is 0 Å². The molecule has 1 aliphatic rings. The Kier molecular flexibility index (Phi) is 6.04. The van der Waals surface area contributed by atoms with Crippen molar-refractivity contribution >= 4 is 6.09 Å². The zero-order chi connectivity index (χ0) is 16.9. The molecule has 6 nitrogen and oxygen atoms in total. The van der Waals surface area contributed by atoms with Crippen LogP contribution in [0.25, 0.3) is 0 Å². The molecule has 0 N–H and O–H groups in total. The molecule has 0 aliphatic carbocycles. The van der Waals surface area contributed by atoms with Crippen LogP contribution in [0.1, 0.15) is 33.6 Å². The van der Waals surface area contributed by atoms with Crippen LogP contribution in [0.2, 0.25) is 0 Å². The van der Waals surface area contributed by atoms with E-state index in [1.54, 1.807) is 4.90 Å². The zero-order valence-electron chi connectivity index (χ0n) is 14.9. The number of carbonyl (C=O) groups excluding carboxylic acids is 1. The molecular formula is C17H30N4O2. The average Bonchev–Trinajstić information content (AvgIpc) is 2.97. The van der Waals surface area contributed by atoms with Crippen molar-refractivity contribution in [3.8, 4) is 0 Å². The highest BCUT2D eigenvalue weighted by Gasteiger charge is 2.25. The zero-order valence-corrected chi connectivity index (χ0v) is 14.9. The van der Waals surface area contributed by atoms with Gasteiger partial charge in [-0.2, -0.15) is 0 Å². The largest absolute Gasteiger partial charge is 0.444 e. The number of hydrogen-bond acceptors (Lipinski definition) is 4. The Bertz CT molecular complexity index is 481. The van der Waals surface area contributed by atoms with Crippen LogP contribution in [-0.2, 0) is 11.3 Å². The predicted molar refractivity (Wildman–Crippen MR) is 90.3 cm³/mol. The van der Waals surface area contributed by atoms with Gasteiger partial charge in [0.2, 0.25) is 0 Å². The maximum Gasteiger partial charge on any atom is 0.410 e. The first-order valence-electron chi connectivity index (χ1n) is 8.46. The first kappa shape index (κ1) is 17.8. The molecule has 1 aliphatic heterocycles. The third-order valence-corrected chi connectivity index (χ3v) is 4.07. The third-order valence-electron chi connectivity index (χ3n) is 4.07. The number of ether oxygens (including phenoxy) is 1. The standard InChI is InChI=1S/C17H30N4O2/c1-17(2,3)23-16(22)19(4)12-15-6-5-8-20(13-15)10-11-21-9-7-18-14-21/h7,9,14-15H,5-6,8,10-13H2,1-4H3. The van der Waals surface area contributed by atoms with Gasteiger partial charge in [-0.05, 0) is 46.1 Å². The molecule has 1 aromatic rings. The Labute approximate surface area is 139 Å². The Hall–Kier alpha value is -1.56. The number of nitrogens with zero attached hydrogens (tertiary/aromatic N) is 4. The molecule has 1 atom stereocenters. The second-order valence-corrected chi connectivity index (χ2v) is 7.47. The lowest BCUT2D eigenvalue weighted by Crippen LogP contribution is -2.43. The fraction of sp³-hybridized carbons (Fsp3) is 0.765. The Morgan fingerprint density at radius 2 is 2.17 bits per heavy atom. The van der Waals surface area contributed by atoms with E-state index in [0.717, 1.165) is 32.7 Å². The second-order valence-electron chi connectivity index (χ2n) is 7.47. The first-order chi connectivity index (χ1) is 10.8. The molecule has 2 heterocycles. The van der Waals surface area contributed by atoms with Crippen molar-refractivity contribution in [3.05, 3.63) is 18.7 Å². The number of hydrogen-bond donors (Lipinski definition) is 0. The summed E-state index contributed by atoms with van der Waals surface area (Å²) in [6.45, 7) is 10.6. The van der Waals surface area contributed by atoms with Crippen molar-refractivity contribution in [1.82, 2.24) is 19.4 Å². The molecule has 130 valence electrons. The highest BCUT2D eigenvalue weighted by Crippen LogP contribution is 2.18. The SMILES string of the molecule is CN(CC1CCCN(CCn2ccnc2)C1)C(=O)OC(C)(C)C. The minimum absolute atomic E-state index is 0.229. The van der Waals surface area contributed by atoms with Crippen molar-refractivity contribution in [3.63, 3.8) is 0 Å². The van der Waals surface area contributed by atoms with Gasteiger partial charge in [0, 0.05) is 45.6 Å². The molecule has 0 radical (unpaired) electrons. The molecule has 1 unspecified atom stereocenters. The van der Waals surface area contributed by atoms with E-state index in [9.17, 15) is 4.79 Å². The van der Waals surface area contributed by atoms with Crippen molar-refractivity contribution in [2.24, 2.45) is 5.92 Å². The molecule has 1 aromatic heterocycles. The van der Waals surface area contributed by atoms with Crippen LogP contribution in [0.3, 0.4) is 0 Å². The van der Waals surface area contributed by atoms with E-state index in [1.165, 1.54) is 12.8 Å². The lowest BCUT2D eigenvalue weighted by Gasteiger charge is -2.35. The fourth-order valence-corrected chi connectivity index (χ4v) is 2.98. The predicted octanol–water partition coefficient (Wildman–Crippen LogP) is 2.46. The highest BCUT2D eigenvalue weighted by atomic mass is 16.6. The summed E-state index contributed by atoms with van der Waals surface area (Å²) >= 11 is 0. The van der Waals surface area contributed by atoms with Crippen molar-refractivity contribution in [1.29, 1.82) is 0 Å². The average molecular weight is 322 g/mol. The van der Waals surface area contributed by atoms with Gasteiger partial charge >= 0.3 is 6.09 Å². The van der Waals surface area contributed by atoms with Gasteiger partial charge in [-0.25, -0.2) is 9.78 Å². The summed E-state index contributed by atoms with van der Waals surface area (Å²) in [5, 5.41) is 0. The quantitative estimate of drug-likeness (QED) is 0.835. The van der Waals surface area contributed by atoms with Gasteiger partial charge in [0.25, 0.3) is 0 Å². The van der Waals surface area contributed by atoms with Gasteiger partial charge < -0.3 is 19.1 Å². The summed E-state index contributed by atoms with van der Waals surface area (Å²) in [6.07, 6.45) is 7.81. The fourth-order valence-electron chi connectivity index (χ4n) is 2.98. The van der Waals surface area contributed by atoms with Crippen LogP contribution < -0.4 is 0 Å². The molecule has 1 fully saturated rings. The van der Waals surface area contributed by atoms with Gasteiger partial charge in [0.15, 0.2) is 0 Å². The number of rotatable bonds is 5. The third kappa shape index (κ3) is 6.22. The number of imidazole rings is 1. The van der Waals surface area contributed by atoms with Gasteiger partial charge in [-0.1, -0.05) is 0 Å². The minimum Gasteiger partial charge on any atom is -0.444 e. The molecular weight excluding hydrogens is 292 g/mol. The van der Waals surface area contributed by atoms with E-state index in [4.69, 9.17) is 4.74 Å². The van der Waals surface area contributed by atoms with Gasteiger partial charge in [-0.3, -0.25) is 0 Å². The van der Waals surface area contributed by atoms with Crippen LogP contribution in [-0.4, -0.2) is 64.3 Å². The first-order valence-corrected chi connectivity index (χ1v) is 8.46. The summed E-state index contributed by atoms with van der Waals surface area (Å²) < 4.78 is 7.54. The second kappa shape index (κ2) is 7.81. The van der Waals surface area contributed by atoms with Gasteiger partial charge in [0.1, 0.15) is 5.60 Å². The van der Waals surface area contributed by atoms with Gasteiger partial charge in [0.05, 0.1) is 6.33 Å². The number of piperidine rings is 1. The molecule has 0 spiro atoms. The van der Waals surface area contributed by atoms with E-state index in [2.05, 4.69) is 14.5 Å². The van der Waals surface area contributed by atoms with Crippen LogP contribution >= 0.6 is 0 Å². The summed E-state index contributed by atoms with van der Waals surface area (Å²) in [7, 11) is 1.83. The van der Waals surface area contributed by atoms with E-state index in [-0.39, 0.29) is 6.09 Å². The summed E-state index contributed by atoms with van der Waals surface area (Å²) in [5.74, 6) is 0.518. The maximum absolute atomic E-state index is 12.1. The van der Waals surface area contributed by atoms with Crippen molar-refractivity contribution < 1.29 is 9.53 Å². The molecule has 0 saturated carbocycles. The Balaban J connectivity index is 1.75. The van der Waals surface area contributed by atoms with Crippen LogP contribution in [0, 0.1) is 5.92 Å². The monoisotopic (exact) mass is 322 g/mol. The molecule has 1 amide bonds. The number of aromatic nitrogens is 2. The lowest BCUT2D eigenvalue weighted by atomic mass is 9.97. The normalized spacial score (nSPS) is 19.6. The molecule has 1 saturated heterocycles. The number of carbonyl (C=O) groups is 1. The number of amides is 1. The lowest BCUT2D eigenvalue weighted by molar-refractivity contribution is 0.0243. The molecule has 2 rings (SSSR count). The molecule has 23 heavy (non-hydrogen) atoms. The summed E-state index contributed by atoms with van der Waals surface area (Å²) in [5.41, 5.74) is -0.436. The van der Waals surface area contributed by atoms with E-state index < -0.39 is 5.60 Å². The van der Waals surface area contributed by atoms with E-state index in [0.29, 0.717) is 5.92 Å². The van der Waals surface area contributed by atoms with E-state index >= 15 is 0 Å². The maximum atomic E-state index is 12.1. The number of likely N-dealkylation sites (tertiary alicyclic amines) is 1. The van der Waals surface area contributed by atoms with Crippen molar-refractivity contribution in [2.75, 3.05) is 33.2 Å². The molecule has 0 aromatic carbocycles.